The summed E-state index contributed by atoms with van der Waals surface area (Å²) in [7, 11) is 0. The number of halogens is 1. The van der Waals surface area contributed by atoms with E-state index in [1.807, 2.05) is 0 Å². The minimum absolute atomic E-state index is 0.00445. The van der Waals surface area contributed by atoms with Gasteiger partial charge in [0.2, 0.25) is 0 Å². The number of pyridine rings is 1. The first-order valence-electron chi connectivity index (χ1n) is 7.19. The summed E-state index contributed by atoms with van der Waals surface area (Å²) in [5.74, 6) is -1.31. The van der Waals surface area contributed by atoms with Crippen molar-refractivity contribution in [2.75, 3.05) is 13.2 Å². The number of hydrogen-bond acceptors (Lipinski definition) is 6. The molecule has 128 valence electrons. The van der Waals surface area contributed by atoms with Crippen molar-refractivity contribution in [1.29, 1.82) is 0 Å². The van der Waals surface area contributed by atoms with Crippen LogP contribution in [0.25, 0.3) is 0 Å². The molecule has 1 aliphatic heterocycles. The molecular formula is C15H16ClN3O5. The first-order valence-corrected chi connectivity index (χ1v) is 7.57. The Morgan fingerprint density at radius 3 is 2.75 bits per heavy atom. The maximum absolute atomic E-state index is 12.1. The molecule has 0 aliphatic carbocycles. The zero-order valence-corrected chi connectivity index (χ0v) is 13.8. The molecule has 0 bridgehead atoms. The van der Waals surface area contributed by atoms with Crippen molar-refractivity contribution < 1.29 is 23.9 Å². The number of carbonyl (C=O) groups is 3. The van der Waals surface area contributed by atoms with Crippen LogP contribution in [0.1, 0.15) is 24.2 Å². The van der Waals surface area contributed by atoms with Crippen LogP contribution < -0.4 is 10.6 Å². The number of rotatable bonds is 5. The van der Waals surface area contributed by atoms with Gasteiger partial charge in [-0.2, -0.15) is 0 Å². The number of nitrogens with one attached hydrogen (secondary N) is 2. The molecule has 1 aromatic heterocycles. The van der Waals surface area contributed by atoms with Crippen LogP contribution in [0.4, 0.5) is 4.79 Å². The summed E-state index contributed by atoms with van der Waals surface area (Å²) in [6.45, 7) is 3.17. The normalized spacial score (nSPS) is 17.0. The average molecular weight is 354 g/mol. The molecule has 9 heteroatoms. The molecular weight excluding hydrogens is 338 g/mol. The van der Waals surface area contributed by atoms with E-state index in [0.717, 1.165) is 0 Å². The molecule has 2 amide bonds. The molecule has 2 N–H and O–H groups in total. The third-order valence-corrected chi connectivity index (χ3v) is 3.49. The van der Waals surface area contributed by atoms with Crippen molar-refractivity contribution in [3.63, 3.8) is 0 Å². The highest BCUT2D eigenvalue weighted by Crippen LogP contribution is 2.17. The van der Waals surface area contributed by atoms with Crippen molar-refractivity contribution in [3.8, 4) is 0 Å². The zero-order chi connectivity index (χ0) is 17.7. The van der Waals surface area contributed by atoms with E-state index in [1.165, 1.54) is 12.3 Å². The van der Waals surface area contributed by atoms with Gasteiger partial charge in [-0.1, -0.05) is 11.6 Å². The fourth-order valence-electron chi connectivity index (χ4n) is 2.15. The van der Waals surface area contributed by atoms with Crippen molar-refractivity contribution in [2.24, 2.45) is 0 Å². The second-order valence-corrected chi connectivity index (χ2v) is 5.21. The predicted molar refractivity (Wildman–Crippen MR) is 84.3 cm³/mol. The summed E-state index contributed by atoms with van der Waals surface area (Å²) in [6.07, 6.45) is 1.44. The molecule has 0 unspecified atom stereocenters. The number of hydrogen-bond donors (Lipinski definition) is 2. The zero-order valence-electron chi connectivity index (χ0n) is 13.1. The number of amides is 2. The topological polar surface area (TPSA) is 107 Å². The largest absolute Gasteiger partial charge is 0.463 e. The quantitative estimate of drug-likeness (QED) is 0.612. The van der Waals surface area contributed by atoms with Crippen LogP contribution in [0.15, 0.2) is 29.6 Å². The maximum Gasteiger partial charge on any atom is 0.341 e. The van der Waals surface area contributed by atoms with Gasteiger partial charge in [-0.15, -0.1) is 0 Å². The molecule has 8 nitrogen and oxygen atoms in total. The Hall–Kier alpha value is -2.61. The summed E-state index contributed by atoms with van der Waals surface area (Å²) >= 11 is 5.83. The fourth-order valence-corrected chi connectivity index (χ4v) is 2.34. The molecule has 0 spiro atoms. The van der Waals surface area contributed by atoms with Gasteiger partial charge in [0.15, 0.2) is 0 Å². The lowest BCUT2D eigenvalue weighted by Crippen LogP contribution is -2.50. The third-order valence-electron chi connectivity index (χ3n) is 3.19. The van der Waals surface area contributed by atoms with Crippen molar-refractivity contribution in [3.05, 3.63) is 40.3 Å². The van der Waals surface area contributed by atoms with Gasteiger partial charge in [0, 0.05) is 6.20 Å². The smallest absolute Gasteiger partial charge is 0.341 e. The van der Waals surface area contributed by atoms with Gasteiger partial charge < -0.3 is 20.1 Å². The van der Waals surface area contributed by atoms with E-state index in [1.54, 1.807) is 19.9 Å². The Kier molecular flexibility index (Phi) is 5.75. The van der Waals surface area contributed by atoms with Gasteiger partial charge in [0.1, 0.15) is 11.8 Å². The molecule has 2 heterocycles. The monoisotopic (exact) mass is 353 g/mol. The fraction of sp³-hybridized carbons (Fsp3) is 0.333. The highest BCUT2D eigenvalue weighted by Gasteiger charge is 2.30. The van der Waals surface area contributed by atoms with Crippen LogP contribution in [0, 0.1) is 0 Å². The van der Waals surface area contributed by atoms with E-state index < -0.39 is 24.0 Å². The number of aromatic nitrogens is 1. The highest BCUT2D eigenvalue weighted by atomic mass is 35.5. The Morgan fingerprint density at radius 1 is 1.33 bits per heavy atom. The van der Waals surface area contributed by atoms with Gasteiger partial charge >= 0.3 is 18.0 Å². The van der Waals surface area contributed by atoms with E-state index in [4.69, 9.17) is 21.1 Å². The van der Waals surface area contributed by atoms with Crippen LogP contribution >= 0.6 is 11.6 Å². The SMILES string of the molecule is CCOC(=O)C1=C(COC(=O)c2cccnc2Cl)NC(=O)N[C@@H]1C. The van der Waals surface area contributed by atoms with Gasteiger partial charge in [-0.05, 0) is 26.0 Å². The lowest BCUT2D eigenvalue weighted by Gasteiger charge is -2.26. The first kappa shape index (κ1) is 17.7. The Bertz CT molecular complexity index is 704. The average Bonchev–Trinajstić information content (AvgIpc) is 2.52. The second-order valence-electron chi connectivity index (χ2n) is 4.85. The van der Waals surface area contributed by atoms with Crippen LogP contribution in [-0.4, -0.2) is 42.2 Å². The number of esters is 2. The van der Waals surface area contributed by atoms with Gasteiger partial charge in [-0.25, -0.2) is 19.4 Å². The lowest BCUT2D eigenvalue weighted by atomic mass is 10.0. The van der Waals surface area contributed by atoms with E-state index >= 15 is 0 Å². The maximum atomic E-state index is 12.1. The van der Waals surface area contributed by atoms with E-state index in [-0.39, 0.29) is 35.2 Å². The van der Waals surface area contributed by atoms with E-state index in [2.05, 4.69) is 15.6 Å². The summed E-state index contributed by atoms with van der Waals surface area (Å²) in [5.41, 5.74) is 0.449. The molecule has 0 saturated carbocycles. The minimum Gasteiger partial charge on any atom is -0.463 e. The minimum atomic E-state index is -0.718. The number of carbonyl (C=O) groups excluding carboxylic acids is 3. The number of nitrogens with zero attached hydrogens (tertiary/aromatic N) is 1. The van der Waals surface area contributed by atoms with E-state index in [0.29, 0.717) is 0 Å². The molecule has 24 heavy (non-hydrogen) atoms. The third kappa shape index (κ3) is 4.02. The summed E-state index contributed by atoms with van der Waals surface area (Å²) in [5, 5.41) is 5.01. The molecule has 0 aromatic carbocycles. The summed E-state index contributed by atoms with van der Waals surface area (Å²) in [4.78, 5) is 39.5. The van der Waals surface area contributed by atoms with Crippen LogP contribution in [0.3, 0.4) is 0 Å². The first-order chi connectivity index (χ1) is 11.4. The molecule has 1 aromatic rings. The molecule has 1 aliphatic rings. The summed E-state index contributed by atoms with van der Waals surface area (Å²) < 4.78 is 10.1. The van der Waals surface area contributed by atoms with Gasteiger partial charge in [0.25, 0.3) is 0 Å². The van der Waals surface area contributed by atoms with Crippen LogP contribution in [0.2, 0.25) is 5.15 Å². The lowest BCUT2D eigenvalue weighted by molar-refractivity contribution is -0.139. The highest BCUT2D eigenvalue weighted by molar-refractivity contribution is 6.32. The molecule has 2 rings (SSSR count). The van der Waals surface area contributed by atoms with Crippen molar-refractivity contribution in [1.82, 2.24) is 15.6 Å². The predicted octanol–water partition coefficient (Wildman–Crippen LogP) is 1.41. The Balaban J connectivity index is 2.19. The molecule has 0 saturated heterocycles. The Morgan fingerprint density at radius 2 is 2.08 bits per heavy atom. The van der Waals surface area contributed by atoms with E-state index in [9.17, 15) is 14.4 Å². The molecule has 1 atom stereocenters. The van der Waals surface area contributed by atoms with Crippen molar-refractivity contribution >= 4 is 29.6 Å². The van der Waals surface area contributed by atoms with Crippen LogP contribution in [-0.2, 0) is 14.3 Å². The standard InChI is InChI=1S/C15H16ClN3O5/c1-3-23-14(21)11-8(2)18-15(22)19-10(11)7-24-13(20)9-5-4-6-17-12(9)16/h4-6,8H,3,7H2,1-2H3,(H2,18,19,22)/t8-/m1/s1. The Labute approximate surface area is 143 Å². The van der Waals surface area contributed by atoms with Gasteiger partial charge in [0.05, 0.1) is 29.5 Å². The number of ether oxygens (including phenoxy) is 2. The van der Waals surface area contributed by atoms with Crippen molar-refractivity contribution in [2.45, 2.75) is 19.9 Å². The number of urea groups is 1. The second kappa shape index (κ2) is 7.78. The van der Waals surface area contributed by atoms with Gasteiger partial charge in [-0.3, -0.25) is 0 Å². The summed E-state index contributed by atoms with van der Waals surface area (Å²) in [6, 6.07) is 1.93. The molecule has 0 fully saturated rings. The van der Waals surface area contributed by atoms with Crippen LogP contribution in [0.5, 0.6) is 0 Å². The molecule has 0 radical (unpaired) electrons.